The molecule has 1 N–H and O–H groups in total. The summed E-state index contributed by atoms with van der Waals surface area (Å²) in [5.74, 6) is -4.90. The second-order valence-electron chi connectivity index (χ2n) is 3.48. The van der Waals surface area contributed by atoms with Gasteiger partial charge in [0.15, 0.2) is 5.69 Å². The van der Waals surface area contributed by atoms with Crippen LogP contribution in [0.3, 0.4) is 0 Å². The van der Waals surface area contributed by atoms with Crippen molar-refractivity contribution < 1.29 is 31.9 Å². The highest BCUT2D eigenvalue weighted by Gasteiger charge is 2.41. The fourth-order valence-corrected chi connectivity index (χ4v) is 1.41. The molecule has 0 saturated heterocycles. The maximum atomic E-state index is 13.4. The van der Waals surface area contributed by atoms with Crippen molar-refractivity contribution in [2.24, 2.45) is 0 Å². The van der Waals surface area contributed by atoms with Gasteiger partial charge in [-0.25, -0.2) is 14.2 Å². The van der Waals surface area contributed by atoms with Crippen LogP contribution in [0.25, 0.3) is 11.5 Å². The Morgan fingerprint density at radius 1 is 1.26 bits per heavy atom. The zero-order valence-corrected chi connectivity index (χ0v) is 9.03. The third-order valence-corrected chi connectivity index (χ3v) is 2.19. The smallest absolute Gasteiger partial charge is 0.437 e. The van der Waals surface area contributed by atoms with Crippen LogP contribution in [0.2, 0.25) is 0 Å². The highest BCUT2D eigenvalue weighted by Crippen LogP contribution is 2.34. The summed E-state index contributed by atoms with van der Waals surface area (Å²) in [5, 5.41) is 8.63. The Morgan fingerprint density at radius 3 is 2.37 bits per heavy atom. The van der Waals surface area contributed by atoms with Gasteiger partial charge >= 0.3 is 12.1 Å². The number of nitrogens with zero attached hydrogens (tertiary/aromatic N) is 1. The molecule has 100 valence electrons. The molecule has 0 radical (unpaired) electrons. The Balaban J connectivity index is 2.62. The molecule has 0 aliphatic rings. The molecule has 0 saturated carbocycles. The summed E-state index contributed by atoms with van der Waals surface area (Å²) in [6.45, 7) is 0. The molecule has 0 aliphatic heterocycles. The van der Waals surface area contributed by atoms with Crippen molar-refractivity contribution in [2.45, 2.75) is 6.18 Å². The van der Waals surface area contributed by atoms with E-state index in [1.54, 1.807) is 0 Å². The number of hydrogen-bond donors (Lipinski definition) is 1. The second kappa shape index (κ2) is 4.38. The average Bonchev–Trinajstić information content (AvgIpc) is 2.74. The quantitative estimate of drug-likeness (QED) is 0.855. The summed E-state index contributed by atoms with van der Waals surface area (Å²) in [7, 11) is 0. The van der Waals surface area contributed by atoms with Gasteiger partial charge in [-0.3, -0.25) is 0 Å². The number of hydrogen-bond acceptors (Lipinski definition) is 3. The van der Waals surface area contributed by atoms with Crippen molar-refractivity contribution >= 4 is 5.97 Å². The number of carbonyl (C=O) groups is 1. The van der Waals surface area contributed by atoms with Crippen LogP contribution in [0.15, 0.2) is 28.7 Å². The van der Waals surface area contributed by atoms with E-state index in [-0.39, 0.29) is 5.56 Å². The first kappa shape index (κ1) is 13.1. The standard InChI is InChI=1S/C11H5F4NO3/c12-6-4-2-1-3-5(6)9-16-8(11(13,14)15)7(19-9)10(17)18/h1-4H,(H,17,18). The van der Waals surface area contributed by atoms with Crippen LogP contribution >= 0.6 is 0 Å². The summed E-state index contributed by atoms with van der Waals surface area (Å²) in [4.78, 5) is 13.7. The molecule has 1 aromatic carbocycles. The molecule has 1 aromatic heterocycles. The number of oxazole rings is 1. The zero-order valence-electron chi connectivity index (χ0n) is 9.03. The van der Waals surface area contributed by atoms with Crippen LogP contribution in [0, 0.1) is 5.82 Å². The Hall–Kier alpha value is -2.38. The van der Waals surface area contributed by atoms with Gasteiger partial charge in [0.2, 0.25) is 11.7 Å². The number of carboxylic acids is 1. The highest BCUT2D eigenvalue weighted by molar-refractivity contribution is 5.86. The topological polar surface area (TPSA) is 63.3 Å². The number of alkyl halides is 3. The van der Waals surface area contributed by atoms with Gasteiger partial charge in [-0.2, -0.15) is 13.2 Å². The molecule has 4 nitrogen and oxygen atoms in total. The maximum absolute atomic E-state index is 13.4. The van der Waals surface area contributed by atoms with E-state index in [2.05, 4.69) is 9.40 Å². The van der Waals surface area contributed by atoms with Gasteiger partial charge in [-0.1, -0.05) is 12.1 Å². The third-order valence-electron chi connectivity index (χ3n) is 2.19. The molecule has 0 atom stereocenters. The van der Waals surface area contributed by atoms with Gasteiger partial charge in [0.1, 0.15) is 5.82 Å². The highest BCUT2D eigenvalue weighted by atomic mass is 19.4. The molecule has 0 unspecified atom stereocenters. The minimum absolute atomic E-state index is 0.347. The lowest BCUT2D eigenvalue weighted by molar-refractivity contribution is -0.141. The number of aromatic carboxylic acids is 1. The van der Waals surface area contributed by atoms with Crippen LogP contribution in [0.5, 0.6) is 0 Å². The van der Waals surface area contributed by atoms with E-state index in [1.807, 2.05) is 0 Å². The van der Waals surface area contributed by atoms with Gasteiger partial charge in [0.25, 0.3) is 0 Å². The van der Waals surface area contributed by atoms with E-state index in [9.17, 15) is 22.4 Å². The van der Waals surface area contributed by atoms with E-state index >= 15 is 0 Å². The van der Waals surface area contributed by atoms with Crippen molar-refractivity contribution in [3.8, 4) is 11.5 Å². The Kier molecular flexibility index (Phi) is 3.01. The van der Waals surface area contributed by atoms with E-state index in [0.29, 0.717) is 0 Å². The predicted molar refractivity (Wildman–Crippen MR) is 53.9 cm³/mol. The SMILES string of the molecule is O=C(O)c1oc(-c2ccccc2F)nc1C(F)(F)F. The molecule has 0 aliphatic carbocycles. The van der Waals surface area contributed by atoms with Gasteiger partial charge in [0.05, 0.1) is 5.56 Å². The summed E-state index contributed by atoms with van der Waals surface area (Å²) >= 11 is 0. The number of halogens is 4. The lowest BCUT2D eigenvalue weighted by atomic mass is 10.2. The molecule has 0 bridgehead atoms. The Morgan fingerprint density at radius 2 is 1.89 bits per heavy atom. The van der Waals surface area contributed by atoms with Crippen LogP contribution in [0.1, 0.15) is 16.2 Å². The Labute approximate surface area is 103 Å². The van der Waals surface area contributed by atoms with Crippen molar-refractivity contribution in [3.63, 3.8) is 0 Å². The van der Waals surface area contributed by atoms with Crippen LogP contribution in [0.4, 0.5) is 17.6 Å². The lowest BCUT2D eigenvalue weighted by Gasteiger charge is -2.00. The van der Waals surface area contributed by atoms with Crippen molar-refractivity contribution in [1.29, 1.82) is 0 Å². The van der Waals surface area contributed by atoms with Crippen molar-refractivity contribution in [2.75, 3.05) is 0 Å². The largest absolute Gasteiger partial charge is 0.475 e. The Bertz CT molecular complexity index is 633. The number of aromatic nitrogens is 1. The van der Waals surface area contributed by atoms with Crippen molar-refractivity contribution in [1.82, 2.24) is 4.98 Å². The normalized spacial score (nSPS) is 11.6. The van der Waals surface area contributed by atoms with E-state index in [4.69, 9.17) is 5.11 Å². The van der Waals surface area contributed by atoms with E-state index in [1.165, 1.54) is 12.1 Å². The molecule has 0 amide bonds. The van der Waals surface area contributed by atoms with Gasteiger partial charge in [0, 0.05) is 0 Å². The molecule has 2 rings (SSSR count). The summed E-state index contributed by atoms with van der Waals surface area (Å²) < 4.78 is 55.6. The first-order valence-electron chi connectivity index (χ1n) is 4.87. The monoisotopic (exact) mass is 275 g/mol. The van der Waals surface area contributed by atoms with E-state index < -0.39 is 35.3 Å². The van der Waals surface area contributed by atoms with Crippen LogP contribution in [-0.4, -0.2) is 16.1 Å². The minimum atomic E-state index is -5.00. The number of rotatable bonds is 2. The molecule has 19 heavy (non-hydrogen) atoms. The van der Waals surface area contributed by atoms with E-state index in [0.717, 1.165) is 12.1 Å². The maximum Gasteiger partial charge on any atom is 0.437 e. The fourth-order valence-electron chi connectivity index (χ4n) is 1.41. The number of benzene rings is 1. The average molecular weight is 275 g/mol. The predicted octanol–water partition coefficient (Wildman–Crippen LogP) is 3.20. The van der Waals surface area contributed by atoms with Gasteiger partial charge in [-0.15, -0.1) is 0 Å². The summed E-state index contributed by atoms with van der Waals surface area (Å²) in [6, 6.07) is 4.81. The summed E-state index contributed by atoms with van der Waals surface area (Å²) in [6.07, 6.45) is -5.00. The molecular weight excluding hydrogens is 270 g/mol. The van der Waals surface area contributed by atoms with Crippen molar-refractivity contribution in [3.05, 3.63) is 41.5 Å². The third kappa shape index (κ3) is 2.42. The molecule has 1 heterocycles. The minimum Gasteiger partial charge on any atom is -0.475 e. The van der Waals surface area contributed by atoms with Gasteiger partial charge < -0.3 is 9.52 Å². The summed E-state index contributed by atoms with van der Waals surface area (Å²) in [5.41, 5.74) is -2.04. The van der Waals surface area contributed by atoms with Crippen LogP contribution in [-0.2, 0) is 6.18 Å². The second-order valence-corrected chi connectivity index (χ2v) is 3.48. The lowest BCUT2D eigenvalue weighted by Crippen LogP contribution is -2.11. The molecule has 0 fully saturated rings. The first-order valence-corrected chi connectivity index (χ1v) is 4.87. The molecule has 2 aromatic rings. The van der Waals surface area contributed by atoms with Crippen LogP contribution < -0.4 is 0 Å². The fraction of sp³-hybridized carbons (Fsp3) is 0.0909. The van der Waals surface area contributed by atoms with Gasteiger partial charge in [-0.05, 0) is 12.1 Å². The molecular formula is C11H5F4NO3. The zero-order chi connectivity index (χ0) is 14.2. The first-order chi connectivity index (χ1) is 8.80. The number of carboxylic acid groups (broad SMARTS) is 1. The molecule has 8 heteroatoms. The molecule has 0 spiro atoms.